The van der Waals surface area contributed by atoms with Gasteiger partial charge in [0.2, 0.25) is 0 Å². The van der Waals surface area contributed by atoms with Crippen LogP contribution in [0.3, 0.4) is 0 Å². The molecule has 13 aromatic rings. The number of rotatable bonds is 13. The van der Waals surface area contributed by atoms with Crippen LogP contribution in [0.4, 0.5) is 18.3 Å². The van der Waals surface area contributed by atoms with E-state index in [1.54, 1.807) is 31.5 Å². The Labute approximate surface area is 757 Å². The summed E-state index contributed by atoms with van der Waals surface area (Å²) in [6.45, 7) is 13.8. The first-order chi connectivity index (χ1) is 62.8. The zero-order chi connectivity index (χ0) is 90.5. The molecule has 0 bridgehead atoms. The number of thiazole rings is 1. The number of halogens is 3. The Morgan fingerprint density at radius 1 is 0.538 bits per heavy atom. The Kier molecular flexibility index (Phi) is 23.7. The maximum Gasteiger partial charge on any atom is 0.417 e. The molecule has 8 aromatic carbocycles. The molecule has 4 spiro atoms. The summed E-state index contributed by atoms with van der Waals surface area (Å²) in [5, 5.41) is 9.46. The van der Waals surface area contributed by atoms with E-state index in [0.29, 0.717) is 105 Å². The number of aryl methyl sites for hydroxylation is 4. The minimum atomic E-state index is -4.67. The average Bonchev–Trinajstić information content (AvgIpc) is 1.55. The number of carbonyl (C=O) groups excluding carboxylic acids is 4. The van der Waals surface area contributed by atoms with Crippen LogP contribution in [0.2, 0.25) is 0 Å². The molecule has 0 atom stereocenters. The molecule has 13 heterocycles. The zero-order valence-corrected chi connectivity index (χ0v) is 74.8. The molecular weight excluding hydrogens is 1680 g/mol. The molecule has 8 aliphatic heterocycles. The second kappa shape index (κ2) is 35.4. The third kappa shape index (κ3) is 16.4. The van der Waals surface area contributed by atoms with Gasteiger partial charge in [-0.2, -0.15) is 23.4 Å². The molecular formula is C100H106F3N13O13S. The van der Waals surface area contributed by atoms with E-state index in [2.05, 4.69) is 65.8 Å². The number of anilines is 1. The topological polar surface area (TPSA) is 262 Å². The molecule has 0 radical (unpaired) electrons. The fourth-order valence-electron chi connectivity index (χ4n) is 19.4. The van der Waals surface area contributed by atoms with Crippen molar-refractivity contribution in [3.05, 3.63) is 263 Å². The summed E-state index contributed by atoms with van der Waals surface area (Å²) >= 11 is 1.40. The van der Waals surface area contributed by atoms with Crippen LogP contribution in [0.15, 0.2) is 207 Å². The molecule has 5 aromatic heterocycles. The fraction of sp³-hybridized carbons (Fsp3) is 0.340. The van der Waals surface area contributed by atoms with Crippen molar-refractivity contribution < 1.29 is 77.8 Å². The van der Waals surface area contributed by atoms with Crippen molar-refractivity contribution >= 4 is 50.3 Å². The van der Waals surface area contributed by atoms with Crippen molar-refractivity contribution in [2.24, 2.45) is 21.1 Å². The van der Waals surface area contributed by atoms with Gasteiger partial charge in [-0.3, -0.25) is 28.5 Å². The van der Waals surface area contributed by atoms with E-state index < -0.39 is 40.1 Å². The van der Waals surface area contributed by atoms with Gasteiger partial charge in [0.25, 0.3) is 23.6 Å². The highest BCUT2D eigenvalue weighted by atomic mass is 32.1. The third-order valence-electron chi connectivity index (χ3n) is 25.9. The first kappa shape index (κ1) is 87.1. The van der Waals surface area contributed by atoms with E-state index in [1.165, 1.54) is 35.5 Å². The number of nitrogens with two attached hydrogens (primary N) is 1. The van der Waals surface area contributed by atoms with Gasteiger partial charge in [0.15, 0.2) is 27.8 Å². The fourth-order valence-corrected chi connectivity index (χ4v) is 20.2. The van der Waals surface area contributed by atoms with Gasteiger partial charge in [0.05, 0.1) is 101 Å². The third-order valence-corrected chi connectivity index (χ3v) is 26.8. The number of ether oxygens (including phenoxy) is 9. The number of carbonyl (C=O) groups is 4. The molecule has 0 unspecified atom stereocenters. The van der Waals surface area contributed by atoms with Crippen molar-refractivity contribution in [2.75, 3.05) is 92.1 Å². The smallest absolute Gasteiger partial charge is 0.417 e. The number of nitrogens with zero attached hydrogens (tertiary/aromatic N) is 12. The number of para-hydroxylation sites is 5. The predicted molar refractivity (Wildman–Crippen MR) is 490 cm³/mol. The summed E-state index contributed by atoms with van der Waals surface area (Å²) in [5.74, 6) is 4.82. The molecule has 0 aliphatic carbocycles. The summed E-state index contributed by atoms with van der Waals surface area (Å²) < 4.78 is 103. The molecule has 130 heavy (non-hydrogen) atoms. The van der Waals surface area contributed by atoms with E-state index >= 15 is 0 Å². The summed E-state index contributed by atoms with van der Waals surface area (Å²) in [5.41, 5.74) is 17.6. The summed E-state index contributed by atoms with van der Waals surface area (Å²) in [4.78, 5) is 69.0. The Hall–Kier alpha value is -13.6. The lowest BCUT2D eigenvalue weighted by molar-refractivity contribution is -0.138. The highest BCUT2D eigenvalue weighted by Crippen LogP contribution is 2.54. The molecule has 2 N–H and O–H groups in total. The second-order valence-electron chi connectivity index (χ2n) is 34.1. The van der Waals surface area contributed by atoms with E-state index in [9.17, 15) is 32.3 Å². The SMILES string of the molecule is CCOCCOc1ccc(C(=O)N2CCC3(CC2)Oc2ccccc2-n2cccc23)cc1OC.COc1ccc(C(=O)N2CCC3(CC2)Oc2ccccc2-c2c3cnn2C)c(C(F)(F)F)c1.Cc1cc(C(=O)N2CCC3(CC2)Oc2ccccc2-c2ncn(C)c23)ccc1OC(C)C.Cn1ncc2c1-c1ccccc1OC21CCN(C(=O)c2ccc3nc(N)sc3c2)CC1.[HH].[HH]. The van der Waals surface area contributed by atoms with Crippen LogP contribution >= 0.6 is 11.3 Å². The normalized spacial score (nSPS) is 16.4. The van der Waals surface area contributed by atoms with Crippen molar-refractivity contribution in [1.29, 1.82) is 0 Å². The van der Waals surface area contributed by atoms with Gasteiger partial charge in [-0.15, -0.1) is 0 Å². The molecule has 0 saturated carbocycles. The predicted octanol–water partition coefficient (Wildman–Crippen LogP) is 18.1. The number of hydrogen-bond donors (Lipinski definition) is 1. The monoisotopic (exact) mass is 1790 g/mol. The van der Waals surface area contributed by atoms with E-state index in [1.807, 2.05) is 201 Å². The minimum absolute atomic E-state index is 0. The number of alkyl halides is 3. The van der Waals surface area contributed by atoms with Gasteiger partial charge in [0, 0.05) is 185 Å². The highest BCUT2D eigenvalue weighted by molar-refractivity contribution is 7.22. The summed E-state index contributed by atoms with van der Waals surface area (Å²) in [6, 6.07) is 56.2. The van der Waals surface area contributed by atoms with Gasteiger partial charge < -0.3 is 77.1 Å². The van der Waals surface area contributed by atoms with Crippen LogP contribution in [-0.4, -0.2) is 174 Å². The number of likely N-dealkylation sites (tertiary alicyclic amines) is 4. The van der Waals surface area contributed by atoms with Crippen molar-refractivity contribution in [3.63, 3.8) is 0 Å². The molecule has 8 aliphatic rings. The molecule has 30 heteroatoms. The first-order valence-corrected chi connectivity index (χ1v) is 44.7. The lowest BCUT2D eigenvalue weighted by Crippen LogP contribution is -2.50. The van der Waals surface area contributed by atoms with Crippen LogP contribution in [0.5, 0.6) is 46.0 Å². The number of amides is 4. The Bertz CT molecular complexity index is 6450. The lowest BCUT2D eigenvalue weighted by atomic mass is 9.81. The number of imidazole rings is 1. The average molecular weight is 1790 g/mol. The number of methoxy groups -OCH3 is 2. The van der Waals surface area contributed by atoms with Crippen LogP contribution in [0.25, 0.3) is 49.7 Å². The van der Waals surface area contributed by atoms with Crippen LogP contribution < -0.4 is 43.6 Å². The summed E-state index contributed by atoms with van der Waals surface area (Å²) in [7, 11) is 8.73. The molecule has 4 fully saturated rings. The van der Waals surface area contributed by atoms with Crippen LogP contribution in [0, 0.1) is 6.92 Å². The second-order valence-corrected chi connectivity index (χ2v) is 35.2. The number of benzene rings is 8. The highest BCUT2D eigenvalue weighted by Gasteiger charge is 2.51. The number of nitrogen functional groups attached to an aromatic ring is 1. The largest absolute Gasteiger partial charge is 0.497 e. The van der Waals surface area contributed by atoms with E-state index in [-0.39, 0.29) is 51.1 Å². The molecule has 21 rings (SSSR count). The Morgan fingerprint density at radius 3 is 1.60 bits per heavy atom. The molecule has 26 nitrogen and oxygen atoms in total. The van der Waals surface area contributed by atoms with Gasteiger partial charge >= 0.3 is 6.18 Å². The molecule has 4 amide bonds. The Balaban J connectivity index is 0.000000128. The number of aromatic nitrogens is 8. The maximum atomic E-state index is 13.6. The van der Waals surface area contributed by atoms with Crippen LogP contribution in [0.1, 0.15) is 150 Å². The lowest BCUT2D eigenvalue weighted by Gasteiger charge is -2.45. The van der Waals surface area contributed by atoms with E-state index in [4.69, 9.17) is 48.4 Å². The van der Waals surface area contributed by atoms with Gasteiger partial charge in [-0.25, -0.2) is 9.97 Å². The van der Waals surface area contributed by atoms with Crippen molar-refractivity contribution in [1.82, 2.24) is 58.3 Å². The minimum Gasteiger partial charge on any atom is -0.497 e. The van der Waals surface area contributed by atoms with Crippen LogP contribution in [-0.2, 0) is 54.5 Å². The zero-order valence-electron chi connectivity index (χ0n) is 73.9. The van der Waals surface area contributed by atoms with E-state index in [0.717, 1.165) is 151 Å². The van der Waals surface area contributed by atoms with Gasteiger partial charge in [-0.1, -0.05) is 59.9 Å². The Morgan fingerprint density at radius 2 is 1.04 bits per heavy atom. The number of piperidine rings is 4. The standard InChI is InChI=1S/C27H30N2O5.C26H29N3O3.C24H22F3N3O3.C23H21N5O2S.2H2/c1-3-32-17-18-33-23-11-10-20(19-24(23)31-2)26(30)28-15-12-27(13-16-28)25-9-6-14-29(25)21-7-4-5-8-22(21)34-27;1-17(2)31-21-10-9-19(15-18(21)3)25(30)29-13-11-26(12-14-29)24-23(27-16-28(24)4)20-7-5-6-8-22(20)32-26;1-29-21-17-5-3-4-6-20(17)33-23(19(21)14-28-29)9-11-30(12-10-23)22(31)16-8-7-15(32-2)13-18(16)24(25,26)27;1-27-20-15-4-2-3-5-18(15)30-23(16(20)13-25-27)8-10-28(11-9-23)21(29)14-6-7-17-19(12-14)31-22(24)26-17;;/h4-11,14,19H,3,12-13,15-18H2,1-2H3;5-10,15-17H,11-14H2,1-4H3;3-8,13-14H,9-12H2,1-2H3;2-7,12-13H,8-11H2,1H3,(H2,24,26);2*1H. The summed E-state index contributed by atoms with van der Waals surface area (Å²) in [6.07, 6.45) is 8.34. The van der Waals surface area contributed by atoms with Gasteiger partial charge in [-0.05, 0) is 167 Å². The molecule has 4 saturated heterocycles. The quantitative estimate of drug-likeness (QED) is 0.105. The van der Waals surface area contributed by atoms with Crippen molar-refractivity contribution in [3.8, 4) is 85.5 Å². The number of fused-ring (bicyclic) bond motifs is 17. The first-order valence-electron chi connectivity index (χ1n) is 43.9. The maximum absolute atomic E-state index is 13.6. The number of hydrogen-bond acceptors (Lipinski definition) is 19. The van der Waals surface area contributed by atoms with Gasteiger partial charge in [0.1, 0.15) is 52.3 Å². The van der Waals surface area contributed by atoms with Crippen molar-refractivity contribution in [2.45, 2.75) is 114 Å². The molecule has 676 valence electrons.